The van der Waals surface area contributed by atoms with Crippen LogP contribution in [0.3, 0.4) is 0 Å². The van der Waals surface area contributed by atoms with Crippen molar-refractivity contribution in [2.45, 2.75) is 36.8 Å². The Morgan fingerprint density at radius 2 is 1.89 bits per heavy atom. The molecule has 0 aliphatic heterocycles. The van der Waals surface area contributed by atoms with Crippen LogP contribution in [0.25, 0.3) is 0 Å². The second kappa shape index (κ2) is 9.45. The number of benzene rings is 2. The van der Waals surface area contributed by atoms with Gasteiger partial charge in [-0.05, 0) is 37.1 Å². The second-order valence-electron chi connectivity index (χ2n) is 6.28. The third-order valence-corrected chi connectivity index (χ3v) is 5.58. The SMILES string of the molecule is CC(Sc1nnc(Cc2ccccc2)o1)C(=O)NC(C)c1ccc(Cl)cc1Cl. The molecule has 0 fully saturated rings. The number of hydrogen-bond acceptors (Lipinski definition) is 5. The molecule has 5 nitrogen and oxygen atoms in total. The van der Waals surface area contributed by atoms with E-state index >= 15 is 0 Å². The molecule has 2 unspecified atom stereocenters. The predicted molar refractivity (Wildman–Crippen MR) is 112 cm³/mol. The Kier molecular flexibility index (Phi) is 6.99. The molecule has 1 aromatic heterocycles. The zero-order valence-corrected chi connectivity index (χ0v) is 17.7. The Hall–Kier alpha value is -2.02. The van der Waals surface area contributed by atoms with Crippen molar-refractivity contribution < 1.29 is 9.21 Å². The van der Waals surface area contributed by atoms with Crippen LogP contribution in [-0.2, 0) is 11.2 Å². The number of halogens is 2. The van der Waals surface area contributed by atoms with Crippen LogP contribution in [0.5, 0.6) is 0 Å². The van der Waals surface area contributed by atoms with Crippen molar-refractivity contribution in [2.24, 2.45) is 0 Å². The quantitative estimate of drug-likeness (QED) is 0.508. The molecule has 3 aromatic rings. The number of rotatable bonds is 7. The molecular weight excluding hydrogens is 417 g/mol. The summed E-state index contributed by atoms with van der Waals surface area (Å²) in [7, 11) is 0. The average molecular weight is 436 g/mol. The van der Waals surface area contributed by atoms with E-state index in [4.69, 9.17) is 27.6 Å². The lowest BCUT2D eigenvalue weighted by Gasteiger charge is -2.18. The van der Waals surface area contributed by atoms with Gasteiger partial charge in [-0.2, -0.15) is 0 Å². The third-order valence-electron chi connectivity index (χ3n) is 4.08. The first-order valence-electron chi connectivity index (χ1n) is 8.70. The van der Waals surface area contributed by atoms with Crippen LogP contribution >= 0.6 is 35.0 Å². The van der Waals surface area contributed by atoms with Crippen LogP contribution < -0.4 is 5.32 Å². The van der Waals surface area contributed by atoms with E-state index in [1.54, 1.807) is 25.1 Å². The van der Waals surface area contributed by atoms with Crippen LogP contribution in [0.4, 0.5) is 0 Å². The fourth-order valence-electron chi connectivity index (χ4n) is 2.59. The van der Waals surface area contributed by atoms with E-state index in [2.05, 4.69) is 15.5 Å². The molecule has 0 bridgehead atoms. The van der Waals surface area contributed by atoms with Crippen LogP contribution in [0, 0.1) is 0 Å². The van der Waals surface area contributed by atoms with E-state index in [-0.39, 0.29) is 11.9 Å². The summed E-state index contributed by atoms with van der Waals surface area (Å²) in [5.74, 6) is 0.369. The normalized spacial score (nSPS) is 13.1. The van der Waals surface area contributed by atoms with Gasteiger partial charge in [0.05, 0.1) is 17.7 Å². The molecule has 0 spiro atoms. The van der Waals surface area contributed by atoms with Gasteiger partial charge in [-0.15, -0.1) is 10.2 Å². The van der Waals surface area contributed by atoms with Gasteiger partial charge in [-0.25, -0.2) is 0 Å². The summed E-state index contributed by atoms with van der Waals surface area (Å²) < 4.78 is 5.66. The summed E-state index contributed by atoms with van der Waals surface area (Å²) in [5, 5.41) is 12.1. The summed E-state index contributed by atoms with van der Waals surface area (Å²) in [5.41, 5.74) is 1.89. The second-order valence-corrected chi connectivity index (χ2v) is 8.42. The molecule has 3 rings (SSSR count). The van der Waals surface area contributed by atoms with E-state index in [1.165, 1.54) is 11.8 Å². The van der Waals surface area contributed by atoms with Crippen molar-refractivity contribution in [2.75, 3.05) is 0 Å². The number of aromatic nitrogens is 2. The van der Waals surface area contributed by atoms with Gasteiger partial charge in [-0.3, -0.25) is 4.79 Å². The lowest BCUT2D eigenvalue weighted by Crippen LogP contribution is -2.33. The monoisotopic (exact) mass is 435 g/mol. The number of nitrogens with zero attached hydrogens (tertiary/aromatic N) is 2. The van der Waals surface area contributed by atoms with Crippen molar-refractivity contribution in [3.63, 3.8) is 0 Å². The molecule has 0 saturated heterocycles. The molecule has 1 amide bonds. The minimum atomic E-state index is -0.404. The zero-order valence-electron chi connectivity index (χ0n) is 15.4. The van der Waals surface area contributed by atoms with Crippen molar-refractivity contribution in [3.8, 4) is 0 Å². The van der Waals surface area contributed by atoms with Crippen molar-refractivity contribution in [3.05, 3.63) is 75.6 Å². The van der Waals surface area contributed by atoms with E-state index < -0.39 is 5.25 Å². The summed E-state index contributed by atoms with van der Waals surface area (Å²) in [6, 6.07) is 14.8. The minimum Gasteiger partial charge on any atom is -0.416 e. The molecule has 0 saturated carbocycles. The van der Waals surface area contributed by atoms with Crippen LogP contribution in [0.15, 0.2) is 58.2 Å². The van der Waals surface area contributed by atoms with Crippen LogP contribution in [-0.4, -0.2) is 21.4 Å². The topological polar surface area (TPSA) is 68.0 Å². The van der Waals surface area contributed by atoms with Gasteiger partial charge in [0.1, 0.15) is 0 Å². The standard InChI is InChI=1S/C20H19Cl2N3O2S/c1-12(16-9-8-15(21)11-17(16)22)23-19(26)13(2)28-20-25-24-18(27-20)10-14-6-4-3-5-7-14/h3-9,11-13H,10H2,1-2H3,(H,23,26). The Balaban J connectivity index is 1.57. The maximum Gasteiger partial charge on any atom is 0.277 e. The number of hydrogen-bond donors (Lipinski definition) is 1. The molecule has 8 heteroatoms. The molecule has 2 atom stereocenters. The summed E-state index contributed by atoms with van der Waals surface area (Å²) >= 11 is 13.4. The van der Waals surface area contributed by atoms with E-state index in [9.17, 15) is 4.79 Å². The molecular formula is C20H19Cl2N3O2S. The highest BCUT2D eigenvalue weighted by molar-refractivity contribution is 8.00. The first-order valence-corrected chi connectivity index (χ1v) is 10.3. The van der Waals surface area contributed by atoms with Gasteiger partial charge in [0, 0.05) is 10.0 Å². The highest BCUT2D eigenvalue weighted by Gasteiger charge is 2.21. The van der Waals surface area contributed by atoms with Gasteiger partial charge >= 0.3 is 0 Å². The minimum absolute atomic E-state index is 0.147. The molecule has 0 radical (unpaired) electrons. The first kappa shape index (κ1) is 20.7. The van der Waals surface area contributed by atoms with Gasteiger partial charge in [0.15, 0.2) is 0 Å². The largest absolute Gasteiger partial charge is 0.416 e. The van der Waals surface area contributed by atoms with Gasteiger partial charge in [-0.1, -0.05) is 71.4 Å². The van der Waals surface area contributed by atoms with E-state index in [1.807, 2.05) is 37.3 Å². The van der Waals surface area contributed by atoms with Crippen LogP contribution in [0.2, 0.25) is 10.0 Å². The summed E-state index contributed by atoms with van der Waals surface area (Å²) in [4.78, 5) is 12.5. The van der Waals surface area contributed by atoms with Crippen molar-refractivity contribution >= 4 is 40.9 Å². The molecule has 146 valence electrons. The Morgan fingerprint density at radius 1 is 1.14 bits per heavy atom. The predicted octanol–water partition coefficient (Wildman–Crippen LogP) is 5.33. The van der Waals surface area contributed by atoms with Gasteiger partial charge in [0.2, 0.25) is 11.8 Å². The fraction of sp³-hybridized carbons (Fsp3) is 0.250. The maximum atomic E-state index is 12.5. The van der Waals surface area contributed by atoms with E-state index in [0.717, 1.165) is 11.1 Å². The van der Waals surface area contributed by atoms with Crippen molar-refractivity contribution in [1.82, 2.24) is 15.5 Å². The first-order chi connectivity index (χ1) is 13.4. The van der Waals surface area contributed by atoms with Gasteiger partial charge in [0.25, 0.3) is 5.22 Å². The molecule has 28 heavy (non-hydrogen) atoms. The van der Waals surface area contributed by atoms with E-state index in [0.29, 0.717) is 27.6 Å². The lowest BCUT2D eigenvalue weighted by molar-refractivity contribution is -0.120. The van der Waals surface area contributed by atoms with Gasteiger partial charge < -0.3 is 9.73 Å². The zero-order chi connectivity index (χ0) is 20.1. The number of carbonyl (C=O) groups is 1. The Bertz CT molecular complexity index is 950. The molecule has 0 aliphatic carbocycles. The summed E-state index contributed by atoms with van der Waals surface area (Å²) in [6.07, 6.45) is 0.557. The molecule has 1 N–H and O–H groups in total. The highest BCUT2D eigenvalue weighted by atomic mass is 35.5. The number of amides is 1. The number of carbonyl (C=O) groups excluding carboxylic acids is 1. The Morgan fingerprint density at radius 3 is 2.61 bits per heavy atom. The van der Waals surface area contributed by atoms with Crippen molar-refractivity contribution in [1.29, 1.82) is 0 Å². The maximum absolute atomic E-state index is 12.5. The number of nitrogens with one attached hydrogen (secondary N) is 1. The fourth-order valence-corrected chi connectivity index (χ4v) is 3.88. The lowest BCUT2D eigenvalue weighted by atomic mass is 10.1. The number of thioether (sulfide) groups is 1. The summed E-state index contributed by atoms with van der Waals surface area (Å²) in [6.45, 7) is 3.66. The Labute approximate surface area is 177 Å². The average Bonchev–Trinajstić information content (AvgIpc) is 3.09. The molecule has 1 heterocycles. The molecule has 0 aliphatic rings. The third kappa shape index (κ3) is 5.50. The van der Waals surface area contributed by atoms with Crippen LogP contribution in [0.1, 0.15) is 36.9 Å². The highest BCUT2D eigenvalue weighted by Crippen LogP contribution is 2.27. The smallest absolute Gasteiger partial charge is 0.277 e. The molecule has 2 aromatic carbocycles.